The molecule has 5 nitrogen and oxygen atoms in total. The quantitative estimate of drug-likeness (QED) is 0.611. The number of hydrogen-bond donors (Lipinski definition) is 3. The van der Waals surface area contributed by atoms with Crippen LogP contribution in [-0.4, -0.2) is 22.2 Å². The van der Waals surface area contributed by atoms with Crippen molar-refractivity contribution in [2.45, 2.75) is 0 Å². The Hall–Kier alpha value is -2.11. The van der Waals surface area contributed by atoms with Crippen LogP contribution < -0.4 is 5.73 Å². The summed E-state index contributed by atoms with van der Waals surface area (Å²) in [7, 11) is 0. The highest BCUT2D eigenvalue weighted by Gasteiger charge is 2.17. The molecule has 74 valence electrons. The largest absolute Gasteiger partial charge is 0.478 e. The second-order valence-electron chi connectivity index (χ2n) is 2.54. The third-order valence-corrected chi connectivity index (χ3v) is 1.58. The molecule has 0 amide bonds. The summed E-state index contributed by atoms with van der Waals surface area (Å²) in [5, 5.41) is 17.0. The van der Waals surface area contributed by atoms with Crippen LogP contribution in [-0.2, 0) is 0 Å². The van der Waals surface area contributed by atoms with E-state index in [0.29, 0.717) is 0 Å². The molecule has 0 fully saturated rings. The van der Waals surface area contributed by atoms with Crippen LogP contribution in [0.4, 0.5) is 10.1 Å². The van der Waals surface area contributed by atoms with Gasteiger partial charge in [-0.3, -0.25) is 0 Å². The first kappa shape index (κ1) is 9.97. The standard InChI is InChI=1S/C8H6FNO4/c9-6-4(8(13)14)1-3(7(11)12)2-5(6)10/h1-2H,10H2,(H,11,12)(H,13,14). The monoisotopic (exact) mass is 199 g/mol. The lowest BCUT2D eigenvalue weighted by Gasteiger charge is -2.02. The molecular weight excluding hydrogens is 193 g/mol. The Balaban J connectivity index is 3.43. The zero-order valence-electron chi connectivity index (χ0n) is 6.82. The maximum absolute atomic E-state index is 13.0. The lowest BCUT2D eigenvalue weighted by atomic mass is 10.1. The van der Waals surface area contributed by atoms with Crippen LogP contribution in [0.25, 0.3) is 0 Å². The number of carboxylic acids is 2. The van der Waals surface area contributed by atoms with Crippen LogP contribution in [0.15, 0.2) is 12.1 Å². The number of carbonyl (C=O) groups is 2. The van der Waals surface area contributed by atoms with Crippen LogP contribution in [0, 0.1) is 5.82 Å². The van der Waals surface area contributed by atoms with Gasteiger partial charge in [-0.25, -0.2) is 14.0 Å². The van der Waals surface area contributed by atoms with Gasteiger partial charge < -0.3 is 15.9 Å². The van der Waals surface area contributed by atoms with E-state index in [9.17, 15) is 14.0 Å². The van der Waals surface area contributed by atoms with Crippen molar-refractivity contribution in [3.8, 4) is 0 Å². The topological polar surface area (TPSA) is 101 Å². The molecule has 4 N–H and O–H groups in total. The lowest BCUT2D eigenvalue weighted by molar-refractivity contribution is 0.0692. The van der Waals surface area contributed by atoms with E-state index in [4.69, 9.17) is 15.9 Å². The molecule has 0 bridgehead atoms. The van der Waals surface area contributed by atoms with Crippen molar-refractivity contribution < 1.29 is 24.2 Å². The fourth-order valence-corrected chi connectivity index (χ4v) is 0.926. The third-order valence-electron chi connectivity index (χ3n) is 1.58. The fraction of sp³-hybridized carbons (Fsp3) is 0. The predicted octanol–water partition coefficient (Wildman–Crippen LogP) is 0.804. The van der Waals surface area contributed by atoms with Gasteiger partial charge in [0, 0.05) is 0 Å². The summed E-state index contributed by atoms with van der Waals surface area (Å²) in [5.41, 5.74) is 3.49. The Morgan fingerprint density at radius 1 is 1.21 bits per heavy atom. The van der Waals surface area contributed by atoms with Gasteiger partial charge in [0.2, 0.25) is 0 Å². The van der Waals surface area contributed by atoms with Crippen molar-refractivity contribution in [1.82, 2.24) is 0 Å². The second-order valence-corrected chi connectivity index (χ2v) is 2.54. The summed E-state index contributed by atoms with van der Waals surface area (Å²) >= 11 is 0. The van der Waals surface area contributed by atoms with E-state index >= 15 is 0 Å². The lowest BCUT2D eigenvalue weighted by Crippen LogP contribution is -2.08. The van der Waals surface area contributed by atoms with Crippen molar-refractivity contribution in [3.05, 3.63) is 29.1 Å². The minimum Gasteiger partial charge on any atom is -0.478 e. The first-order valence-electron chi connectivity index (χ1n) is 3.49. The van der Waals surface area contributed by atoms with Crippen molar-refractivity contribution in [2.24, 2.45) is 0 Å². The maximum Gasteiger partial charge on any atom is 0.338 e. The molecule has 0 aliphatic heterocycles. The van der Waals surface area contributed by atoms with Gasteiger partial charge in [-0.15, -0.1) is 0 Å². The summed E-state index contributed by atoms with van der Waals surface area (Å²) < 4.78 is 13.0. The number of halogens is 1. The van der Waals surface area contributed by atoms with Crippen molar-refractivity contribution >= 4 is 17.6 Å². The van der Waals surface area contributed by atoms with Gasteiger partial charge >= 0.3 is 11.9 Å². The molecule has 0 saturated carbocycles. The molecule has 0 radical (unpaired) electrons. The number of rotatable bonds is 2. The van der Waals surface area contributed by atoms with E-state index in [1.807, 2.05) is 0 Å². The van der Waals surface area contributed by atoms with E-state index in [2.05, 4.69) is 0 Å². The number of aromatic carboxylic acids is 2. The number of carboxylic acid groups (broad SMARTS) is 2. The minimum absolute atomic E-state index is 0.360. The summed E-state index contributed by atoms with van der Waals surface area (Å²) in [6, 6.07) is 1.58. The van der Waals surface area contributed by atoms with Crippen LogP contribution in [0.5, 0.6) is 0 Å². The highest BCUT2D eigenvalue weighted by Crippen LogP contribution is 2.18. The van der Waals surface area contributed by atoms with Gasteiger partial charge in [0.15, 0.2) is 5.82 Å². The van der Waals surface area contributed by atoms with Crippen LogP contribution in [0.2, 0.25) is 0 Å². The SMILES string of the molecule is Nc1cc(C(=O)O)cc(C(=O)O)c1F. The molecule has 1 rings (SSSR count). The molecule has 1 aromatic rings. The van der Waals surface area contributed by atoms with Crippen LogP contribution in [0.1, 0.15) is 20.7 Å². The van der Waals surface area contributed by atoms with Crippen molar-refractivity contribution in [2.75, 3.05) is 5.73 Å². The molecule has 1 aromatic carbocycles. The minimum atomic E-state index is -1.56. The van der Waals surface area contributed by atoms with Crippen molar-refractivity contribution in [1.29, 1.82) is 0 Å². The number of nitrogens with two attached hydrogens (primary N) is 1. The van der Waals surface area contributed by atoms with E-state index < -0.39 is 29.0 Å². The molecule has 14 heavy (non-hydrogen) atoms. The van der Waals surface area contributed by atoms with Crippen molar-refractivity contribution in [3.63, 3.8) is 0 Å². The molecule has 6 heteroatoms. The molecule has 0 spiro atoms. The smallest absolute Gasteiger partial charge is 0.338 e. The Bertz CT molecular complexity index is 416. The molecule has 0 unspecified atom stereocenters. The number of hydrogen-bond acceptors (Lipinski definition) is 3. The third kappa shape index (κ3) is 1.63. The second kappa shape index (κ2) is 3.33. The summed E-state index contributed by atoms with van der Waals surface area (Å²) in [6.45, 7) is 0. The molecule has 0 aliphatic rings. The summed E-state index contributed by atoms with van der Waals surface area (Å²) in [4.78, 5) is 20.9. The molecule has 0 saturated heterocycles. The Morgan fingerprint density at radius 3 is 2.21 bits per heavy atom. The van der Waals surface area contributed by atoms with Gasteiger partial charge in [0.05, 0.1) is 16.8 Å². The highest BCUT2D eigenvalue weighted by molar-refractivity contribution is 5.95. The van der Waals surface area contributed by atoms with Crippen LogP contribution >= 0.6 is 0 Å². The predicted molar refractivity (Wildman–Crippen MR) is 44.7 cm³/mol. The summed E-state index contributed by atoms with van der Waals surface area (Å²) in [6.07, 6.45) is 0. The highest BCUT2D eigenvalue weighted by atomic mass is 19.1. The first-order chi connectivity index (χ1) is 6.43. The molecular formula is C8H6FNO4. The average Bonchev–Trinajstić information content (AvgIpc) is 2.08. The molecule has 0 aliphatic carbocycles. The fourth-order valence-electron chi connectivity index (χ4n) is 0.926. The molecule has 0 aromatic heterocycles. The Labute approximate surface area is 77.6 Å². The zero-order valence-corrected chi connectivity index (χ0v) is 6.82. The first-order valence-corrected chi connectivity index (χ1v) is 3.49. The van der Waals surface area contributed by atoms with Gasteiger partial charge in [-0.2, -0.15) is 0 Å². The summed E-state index contributed by atoms with van der Waals surface area (Å²) in [5.74, 6) is -4.04. The van der Waals surface area contributed by atoms with E-state index in [1.54, 1.807) is 0 Å². The van der Waals surface area contributed by atoms with Gasteiger partial charge in [0.25, 0.3) is 0 Å². The normalized spacial score (nSPS) is 9.79. The van der Waals surface area contributed by atoms with Gasteiger partial charge in [-0.05, 0) is 12.1 Å². The maximum atomic E-state index is 13.0. The molecule has 0 heterocycles. The Morgan fingerprint density at radius 2 is 1.79 bits per heavy atom. The number of anilines is 1. The Kier molecular flexibility index (Phi) is 2.37. The number of nitrogen functional groups attached to an aromatic ring is 1. The number of benzene rings is 1. The zero-order chi connectivity index (χ0) is 10.9. The van der Waals surface area contributed by atoms with E-state index in [-0.39, 0.29) is 5.56 Å². The average molecular weight is 199 g/mol. The van der Waals surface area contributed by atoms with Crippen LogP contribution in [0.3, 0.4) is 0 Å². The van der Waals surface area contributed by atoms with Gasteiger partial charge in [0.1, 0.15) is 0 Å². The van der Waals surface area contributed by atoms with E-state index in [0.717, 1.165) is 12.1 Å². The van der Waals surface area contributed by atoms with E-state index in [1.165, 1.54) is 0 Å². The van der Waals surface area contributed by atoms with Gasteiger partial charge in [-0.1, -0.05) is 0 Å². The molecule has 0 atom stereocenters.